The van der Waals surface area contributed by atoms with Crippen molar-refractivity contribution in [2.75, 3.05) is 0 Å². The number of rotatable bonds is 2. The third-order valence-electron chi connectivity index (χ3n) is 6.60. The van der Waals surface area contributed by atoms with Crippen LogP contribution in [0.2, 0.25) is 0 Å². The van der Waals surface area contributed by atoms with Gasteiger partial charge in [0.05, 0.1) is 16.8 Å². The molecule has 0 atom stereocenters. The summed E-state index contributed by atoms with van der Waals surface area (Å²) in [6, 6.07) is 9.67. The summed E-state index contributed by atoms with van der Waals surface area (Å²) in [5, 5.41) is 21.9. The number of aromatic nitrogens is 4. The van der Waals surface area contributed by atoms with Crippen LogP contribution < -0.4 is 5.73 Å². The Morgan fingerprint density at radius 2 is 1.75 bits per heavy atom. The molecule has 1 aromatic heterocycles. The van der Waals surface area contributed by atoms with Crippen LogP contribution in [0.15, 0.2) is 24.3 Å². The Morgan fingerprint density at radius 3 is 2.42 bits per heavy atom. The molecule has 0 radical (unpaired) electrons. The van der Waals surface area contributed by atoms with E-state index in [2.05, 4.69) is 21.6 Å². The smallest absolute Gasteiger partial charge is 0.177 e. The Hall–Kier alpha value is -2.26. The van der Waals surface area contributed by atoms with Crippen LogP contribution in [0.25, 0.3) is 5.69 Å². The molecular formula is C18H20N6. The van der Waals surface area contributed by atoms with Crippen LogP contribution in [0.5, 0.6) is 0 Å². The molecule has 1 aromatic carbocycles. The number of nitriles is 1. The predicted octanol–water partition coefficient (Wildman–Crippen LogP) is 2.14. The highest BCUT2D eigenvalue weighted by atomic mass is 15.6. The highest BCUT2D eigenvalue weighted by Crippen LogP contribution is 2.60. The van der Waals surface area contributed by atoms with Crippen molar-refractivity contribution in [2.24, 2.45) is 29.4 Å². The van der Waals surface area contributed by atoms with E-state index in [1.807, 2.05) is 18.2 Å². The van der Waals surface area contributed by atoms with Gasteiger partial charge in [-0.05, 0) is 78.3 Å². The molecule has 0 unspecified atom stereocenters. The summed E-state index contributed by atoms with van der Waals surface area (Å²) >= 11 is 0. The normalized spacial score (nSPS) is 36.7. The maximum absolute atomic E-state index is 9.42. The quantitative estimate of drug-likeness (QED) is 0.915. The maximum Gasteiger partial charge on any atom is 0.177 e. The number of nitrogens with two attached hydrogens (primary N) is 1. The maximum atomic E-state index is 9.42. The predicted molar refractivity (Wildman–Crippen MR) is 86.8 cm³/mol. The van der Waals surface area contributed by atoms with Crippen molar-refractivity contribution in [3.05, 3.63) is 35.7 Å². The van der Waals surface area contributed by atoms with Gasteiger partial charge in [0, 0.05) is 0 Å². The first kappa shape index (κ1) is 14.1. The third kappa shape index (κ3) is 1.76. The molecule has 0 saturated heterocycles. The molecule has 6 heteroatoms. The van der Waals surface area contributed by atoms with Gasteiger partial charge in [-0.1, -0.05) is 12.1 Å². The molecular weight excluding hydrogens is 300 g/mol. The molecule has 4 saturated carbocycles. The van der Waals surface area contributed by atoms with Gasteiger partial charge in [-0.3, -0.25) is 0 Å². The van der Waals surface area contributed by atoms with E-state index in [0.29, 0.717) is 17.4 Å². The average Bonchev–Trinajstić information content (AvgIpc) is 3.09. The summed E-state index contributed by atoms with van der Waals surface area (Å²) in [7, 11) is 0. The fraction of sp³-hybridized carbons (Fsp3) is 0.556. The zero-order valence-corrected chi connectivity index (χ0v) is 13.5. The Labute approximate surface area is 140 Å². The van der Waals surface area contributed by atoms with E-state index in [9.17, 15) is 5.26 Å². The van der Waals surface area contributed by atoms with Crippen LogP contribution in [-0.2, 0) is 5.54 Å². The molecule has 4 fully saturated rings. The number of nitrogens with zero attached hydrogens (tertiary/aromatic N) is 5. The molecule has 1 heterocycles. The Morgan fingerprint density at radius 1 is 1.08 bits per heavy atom. The minimum Gasteiger partial charge on any atom is -0.318 e. The first-order valence-corrected chi connectivity index (χ1v) is 8.77. The van der Waals surface area contributed by atoms with Gasteiger partial charge in [-0.25, -0.2) is 0 Å². The summed E-state index contributed by atoms with van der Waals surface area (Å²) in [5.74, 6) is 3.30. The molecule has 4 aliphatic carbocycles. The van der Waals surface area contributed by atoms with Gasteiger partial charge < -0.3 is 5.73 Å². The summed E-state index contributed by atoms with van der Waals surface area (Å²) < 4.78 is 1.71. The fourth-order valence-electron chi connectivity index (χ4n) is 5.70. The van der Waals surface area contributed by atoms with Crippen LogP contribution in [0.3, 0.4) is 0 Å². The molecule has 4 aliphatic rings. The van der Waals surface area contributed by atoms with Gasteiger partial charge in [0.1, 0.15) is 6.07 Å². The number of hydrogen-bond acceptors (Lipinski definition) is 5. The lowest BCUT2D eigenvalue weighted by atomic mass is 9.48. The number of benzene rings is 1. The highest BCUT2D eigenvalue weighted by Gasteiger charge is 2.58. The first-order chi connectivity index (χ1) is 11.7. The van der Waals surface area contributed by atoms with Crippen molar-refractivity contribution < 1.29 is 0 Å². The van der Waals surface area contributed by atoms with E-state index in [4.69, 9.17) is 5.73 Å². The van der Waals surface area contributed by atoms with E-state index in [-0.39, 0.29) is 0 Å². The minimum absolute atomic E-state index is 0.452. The van der Waals surface area contributed by atoms with E-state index in [1.54, 1.807) is 10.7 Å². The second-order valence-electron chi connectivity index (χ2n) is 7.78. The van der Waals surface area contributed by atoms with E-state index in [0.717, 1.165) is 23.3 Å². The minimum atomic E-state index is -0.473. The average molecular weight is 320 g/mol. The van der Waals surface area contributed by atoms with Crippen LogP contribution in [0.1, 0.15) is 43.5 Å². The topological polar surface area (TPSA) is 93.4 Å². The molecule has 6 rings (SSSR count). The van der Waals surface area contributed by atoms with Crippen LogP contribution in [-0.4, -0.2) is 20.2 Å². The second-order valence-corrected chi connectivity index (χ2v) is 7.78. The number of para-hydroxylation sites is 1. The highest BCUT2D eigenvalue weighted by molar-refractivity contribution is 5.48. The number of tetrazole rings is 1. The lowest BCUT2D eigenvalue weighted by molar-refractivity contribution is -0.0633. The molecule has 0 aliphatic heterocycles. The van der Waals surface area contributed by atoms with Crippen molar-refractivity contribution in [2.45, 2.75) is 37.6 Å². The molecule has 2 N–H and O–H groups in total. The molecule has 0 spiro atoms. The largest absolute Gasteiger partial charge is 0.318 e. The van der Waals surface area contributed by atoms with Gasteiger partial charge >= 0.3 is 0 Å². The van der Waals surface area contributed by atoms with Crippen LogP contribution in [0, 0.1) is 35.0 Å². The van der Waals surface area contributed by atoms with Gasteiger partial charge in [-0.2, -0.15) is 9.94 Å². The van der Waals surface area contributed by atoms with Gasteiger partial charge in [0.2, 0.25) is 0 Å². The molecule has 2 aromatic rings. The monoisotopic (exact) mass is 320 g/mol. The molecule has 122 valence electrons. The summed E-state index contributed by atoms with van der Waals surface area (Å²) in [6.07, 6.45) is 6.14. The molecule has 6 nitrogen and oxygen atoms in total. The van der Waals surface area contributed by atoms with Crippen LogP contribution >= 0.6 is 0 Å². The molecule has 4 bridgehead atoms. The summed E-state index contributed by atoms with van der Waals surface area (Å²) in [6.45, 7) is 0. The van der Waals surface area contributed by atoms with Crippen molar-refractivity contribution >= 4 is 0 Å². The lowest BCUT2D eigenvalue weighted by Gasteiger charge is -2.58. The zero-order valence-electron chi connectivity index (χ0n) is 13.5. The molecule has 24 heavy (non-hydrogen) atoms. The SMILES string of the molecule is N#Cc1ccccc1-n1nnnc1C1(N)C2CC3CC(C2)CC1C3. The van der Waals surface area contributed by atoms with Gasteiger partial charge in [-0.15, -0.1) is 5.10 Å². The summed E-state index contributed by atoms with van der Waals surface area (Å²) in [5.41, 5.74) is 7.86. The van der Waals surface area contributed by atoms with Gasteiger partial charge in [0.15, 0.2) is 5.82 Å². The zero-order chi connectivity index (χ0) is 16.3. The fourth-order valence-corrected chi connectivity index (χ4v) is 5.70. The van der Waals surface area contributed by atoms with Crippen molar-refractivity contribution in [1.82, 2.24) is 20.2 Å². The molecule has 0 amide bonds. The Kier molecular flexibility index (Phi) is 2.86. The first-order valence-electron chi connectivity index (χ1n) is 8.77. The van der Waals surface area contributed by atoms with E-state index >= 15 is 0 Å². The van der Waals surface area contributed by atoms with Crippen molar-refractivity contribution in [1.29, 1.82) is 5.26 Å². The van der Waals surface area contributed by atoms with Crippen molar-refractivity contribution in [3.8, 4) is 11.8 Å². The summed E-state index contributed by atoms with van der Waals surface area (Å²) in [4.78, 5) is 0. The van der Waals surface area contributed by atoms with E-state index in [1.165, 1.54) is 32.1 Å². The third-order valence-corrected chi connectivity index (χ3v) is 6.60. The van der Waals surface area contributed by atoms with E-state index < -0.39 is 5.54 Å². The van der Waals surface area contributed by atoms with Crippen LogP contribution in [0.4, 0.5) is 0 Å². The standard InChI is InChI=1S/C18H20N6/c19-10-13-3-1-2-4-16(13)24-17(21-22-23-24)18(20)14-6-11-5-12(8-14)9-15(18)7-11/h1-4,11-12,14-15H,5-9,20H2. The van der Waals surface area contributed by atoms with Gasteiger partial charge in [0.25, 0.3) is 0 Å². The Bertz CT molecular complexity index is 804. The number of hydrogen-bond donors (Lipinski definition) is 1. The lowest BCUT2D eigenvalue weighted by Crippen LogP contribution is -2.61. The second kappa shape index (κ2) is 4.87. The Balaban J connectivity index is 1.64. The van der Waals surface area contributed by atoms with Crippen molar-refractivity contribution in [3.63, 3.8) is 0 Å².